The molecule has 0 radical (unpaired) electrons. The molecule has 0 unspecified atom stereocenters. The van der Waals surface area contributed by atoms with E-state index in [0.29, 0.717) is 0 Å². The zero-order chi connectivity index (χ0) is 13.8. The van der Waals surface area contributed by atoms with E-state index < -0.39 is 0 Å². The zero-order valence-electron chi connectivity index (χ0n) is 11.9. The molecule has 0 saturated carbocycles. The molecule has 0 aromatic carbocycles. The minimum absolute atomic E-state index is 0.0664. The van der Waals surface area contributed by atoms with Crippen molar-refractivity contribution < 1.29 is 0 Å². The first-order valence-corrected chi connectivity index (χ1v) is 6.97. The van der Waals surface area contributed by atoms with Gasteiger partial charge >= 0.3 is 0 Å². The molecular weight excluding hydrogens is 238 g/mol. The number of hydrogen-bond acceptors (Lipinski definition) is 3. The van der Waals surface area contributed by atoms with Gasteiger partial charge in [-0.25, -0.2) is 9.66 Å². The van der Waals surface area contributed by atoms with Gasteiger partial charge in [0.2, 0.25) is 0 Å². The van der Waals surface area contributed by atoms with Crippen molar-refractivity contribution in [3.05, 3.63) is 40.3 Å². The highest BCUT2D eigenvalue weighted by Crippen LogP contribution is 2.12. The lowest BCUT2D eigenvalue weighted by molar-refractivity contribution is 0.609. The molecule has 0 aliphatic carbocycles. The Labute approximate surface area is 113 Å². The summed E-state index contributed by atoms with van der Waals surface area (Å²) in [5, 5.41) is 3.05. The predicted octanol–water partition coefficient (Wildman–Crippen LogP) is 2.33. The Kier molecular flexibility index (Phi) is 4.20. The summed E-state index contributed by atoms with van der Waals surface area (Å²) in [5.41, 5.74) is 1.68. The molecule has 102 valence electrons. The molecule has 0 saturated heterocycles. The molecule has 2 rings (SSSR count). The Morgan fingerprint density at radius 1 is 1.26 bits per heavy atom. The van der Waals surface area contributed by atoms with Gasteiger partial charge in [0.05, 0.1) is 0 Å². The van der Waals surface area contributed by atoms with Gasteiger partial charge < -0.3 is 5.01 Å². The Balaban J connectivity index is 2.76. The maximum absolute atomic E-state index is 12.6. The van der Waals surface area contributed by atoms with Crippen molar-refractivity contribution in [2.75, 3.05) is 18.1 Å². The van der Waals surface area contributed by atoms with Crippen molar-refractivity contribution in [2.45, 2.75) is 33.6 Å². The first kappa shape index (κ1) is 13.6. The first-order chi connectivity index (χ1) is 9.22. The van der Waals surface area contributed by atoms with Crippen molar-refractivity contribution in [3.63, 3.8) is 0 Å². The van der Waals surface area contributed by atoms with E-state index in [2.05, 4.69) is 25.8 Å². The van der Waals surface area contributed by atoms with Crippen LogP contribution in [0.2, 0.25) is 0 Å². The Morgan fingerprint density at radius 2 is 2.00 bits per heavy atom. The van der Waals surface area contributed by atoms with Crippen LogP contribution >= 0.6 is 0 Å². The zero-order valence-corrected chi connectivity index (χ0v) is 11.9. The highest BCUT2D eigenvalue weighted by Gasteiger charge is 2.13. The van der Waals surface area contributed by atoms with Crippen molar-refractivity contribution in [1.29, 1.82) is 0 Å². The summed E-state index contributed by atoms with van der Waals surface area (Å²) in [5.74, 6) is 0. The fraction of sp³-hybridized carbons (Fsp3) is 0.467. The van der Waals surface area contributed by atoms with Crippen molar-refractivity contribution in [1.82, 2.24) is 9.66 Å². The summed E-state index contributed by atoms with van der Waals surface area (Å²) >= 11 is 0. The Hall–Kier alpha value is -1.84. The molecule has 0 N–H and O–H groups in total. The summed E-state index contributed by atoms with van der Waals surface area (Å²) in [4.78, 5) is 17.0. The van der Waals surface area contributed by atoms with Gasteiger partial charge in [-0.05, 0) is 38.5 Å². The smallest absolute Gasteiger partial charge is 0.274 e. The van der Waals surface area contributed by atoms with Gasteiger partial charge in [-0.15, -0.1) is 0 Å². The maximum Gasteiger partial charge on any atom is 0.274 e. The molecule has 0 fully saturated rings. The summed E-state index contributed by atoms with van der Waals surface area (Å²) in [6, 6.07) is 5.91. The lowest BCUT2D eigenvalue weighted by Gasteiger charge is -2.25. The standard InChI is InChI=1S/C15H21N3O/c1-4-8-13-11-12-9-7-10-16-14(12)18(15(13)19)17(5-2)6-3/h7,9-11H,4-6,8H2,1-3H3. The van der Waals surface area contributed by atoms with Gasteiger partial charge in [0.15, 0.2) is 5.65 Å². The minimum Gasteiger partial charge on any atom is -0.309 e. The van der Waals surface area contributed by atoms with E-state index >= 15 is 0 Å². The van der Waals surface area contributed by atoms with Gasteiger partial charge in [-0.1, -0.05) is 13.3 Å². The van der Waals surface area contributed by atoms with Crippen molar-refractivity contribution in [2.24, 2.45) is 0 Å². The second-order valence-corrected chi connectivity index (χ2v) is 4.59. The number of aromatic nitrogens is 2. The second-order valence-electron chi connectivity index (χ2n) is 4.59. The molecule has 0 bridgehead atoms. The maximum atomic E-state index is 12.6. The van der Waals surface area contributed by atoms with Gasteiger partial charge in [0.1, 0.15) is 0 Å². The molecule has 0 spiro atoms. The van der Waals surface area contributed by atoms with Crippen LogP contribution < -0.4 is 10.6 Å². The summed E-state index contributed by atoms with van der Waals surface area (Å²) in [7, 11) is 0. The first-order valence-electron chi connectivity index (χ1n) is 6.97. The van der Waals surface area contributed by atoms with Gasteiger partial charge in [0, 0.05) is 30.2 Å². The van der Waals surface area contributed by atoms with Gasteiger partial charge in [-0.3, -0.25) is 4.79 Å². The van der Waals surface area contributed by atoms with Crippen LogP contribution in [0.3, 0.4) is 0 Å². The lowest BCUT2D eigenvalue weighted by atomic mass is 10.1. The number of nitrogens with zero attached hydrogens (tertiary/aromatic N) is 3. The lowest BCUT2D eigenvalue weighted by Crippen LogP contribution is -2.43. The minimum atomic E-state index is 0.0664. The van der Waals surface area contributed by atoms with E-state index in [0.717, 1.165) is 42.5 Å². The third kappa shape index (κ3) is 2.48. The fourth-order valence-electron chi connectivity index (χ4n) is 2.40. The van der Waals surface area contributed by atoms with Crippen molar-refractivity contribution >= 4 is 11.0 Å². The van der Waals surface area contributed by atoms with Crippen LogP contribution in [0.25, 0.3) is 11.0 Å². The molecule has 2 aromatic heterocycles. The van der Waals surface area contributed by atoms with E-state index in [1.54, 1.807) is 10.9 Å². The van der Waals surface area contributed by atoms with Crippen LogP contribution in [0.15, 0.2) is 29.2 Å². The molecule has 2 heterocycles. The molecule has 4 nitrogen and oxygen atoms in total. The number of hydrogen-bond donors (Lipinski definition) is 0. The van der Waals surface area contributed by atoms with E-state index in [1.807, 2.05) is 23.2 Å². The number of rotatable bonds is 5. The number of fused-ring (bicyclic) bond motifs is 1. The van der Waals surface area contributed by atoms with Gasteiger partial charge in [0.25, 0.3) is 5.56 Å². The molecule has 0 aliphatic heterocycles. The Bertz CT molecular complexity index is 614. The quantitative estimate of drug-likeness (QED) is 0.827. The Morgan fingerprint density at radius 3 is 2.63 bits per heavy atom. The molecule has 0 amide bonds. The highest BCUT2D eigenvalue weighted by atomic mass is 16.1. The highest BCUT2D eigenvalue weighted by molar-refractivity contribution is 5.75. The molecular formula is C15H21N3O. The van der Waals surface area contributed by atoms with Crippen LogP contribution in [-0.2, 0) is 6.42 Å². The van der Waals surface area contributed by atoms with Crippen LogP contribution in [-0.4, -0.2) is 22.7 Å². The topological polar surface area (TPSA) is 38.1 Å². The summed E-state index contributed by atoms with van der Waals surface area (Å²) in [6.07, 6.45) is 3.52. The van der Waals surface area contributed by atoms with Crippen LogP contribution in [0.1, 0.15) is 32.8 Å². The van der Waals surface area contributed by atoms with Crippen LogP contribution in [0.4, 0.5) is 0 Å². The van der Waals surface area contributed by atoms with Gasteiger partial charge in [-0.2, -0.15) is 0 Å². The molecule has 0 aliphatic rings. The monoisotopic (exact) mass is 259 g/mol. The number of aryl methyl sites for hydroxylation is 1. The third-order valence-electron chi connectivity index (χ3n) is 3.35. The van der Waals surface area contributed by atoms with Crippen molar-refractivity contribution in [3.8, 4) is 0 Å². The van der Waals surface area contributed by atoms with E-state index in [9.17, 15) is 4.79 Å². The fourth-order valence-corrected chi connectivity index (χ4v) is 2.40. The predicted molar refractivity (Wildman–Crippen MR) is 79.3 cm³/mol. The molecule has 4 heteroatoms. The van der Waals surface area contributed by atoms with Crippen LogP contribution in [0, 0.1) is 0 Å². The average Bonchev–Trinajstić information content (AvgIpc) is 2.44. The third-order valence-corrected chi connectivity index (χ3v) is 3.35. The normalized spacial score (nSPS) is 10.9. The van der Waals surface area contributed by atoms with E-state index in [1.165, 1.54) is 0 Å². The largest absolute Gasteiger partial charge is 0.309 e. The molecule has 2 aromatic rings. The average molecular weight is 259 g/mol. The summed E-state index contributed by atoms with van der Waals surface area (Å²) in [6.45, 7) is 7.78. The molecule has 19 heavy (non-hydrogen) atoms. The SMILES string of the molecule is CCCc1cc2cccnc2n(N(CC)CC)c1=O. The van der Waals surface area contributed by atoms with E-state index in [4.69, 9.17) is 0 Å². The number of pyridine rings is 2. The summed E-state index contributed by atoms with van der Waals surface area (Å²) < 4.78 is 1.74. The second kappa shape index (κ2) is 5.87. The molecule has 0 atom stereocenters. The van der Waals surface area contributed by atoms with E-state index in [-0.39, 0.29) is 5.56 Å². The van der Waals surface area contributed by atoms with Crippen LogP contribution in [0.5, 0.6) is 0 Å².